The molecule has 0 radical (unpaired) electrons. The standard InChI is InChI=1S/C20H26O3/c1-11(2)12-8-13-14-9-15-19(3,4)6-5-7-20(15,10-23-14)16(13)18(22)17(12)21/h8,11,14-15H,5-7,9-10H2,1-4H3/t14-,15+,20+/m0/s1. The summed E-state index contributed by atoms with van der Waals surface area (Å²) in [4.78, 5) is 25.7. The van der Waals surface area contributed by atoms with Crippen LogP contribution in [0.2, 0.25) is 0 Å². The molecule has 1 saturated heterocycles. The van der Waals surface area contributed by atoms with Crippen molar-refractivity contribution in [2.45, 2.75) is 59.5 Å². The largest absolute Gasteiger partial charge is 0.373 e. The first-order chi connectivity index (χ1) is 10.8. The van der Waals surface area contributed by atoms with Crippen LogP contribution in [0.1, 0.15) is 53.4 Å². The molecular weight excluding hydrogens is 288 g/mol. The fraction of sp³-hybridized carbons (Fsp3) is 0.700. The zero-order valence-corrected chi connectivity index (χ0v) is 14.6. The molecule has 3 nitrogen and oxygen atoms in total. The maximum absolute atomic E-state index is 13.0. The monoisotopic (exact) mass is 314 g/mol. The van der Waals surface area contributed by atoms with E-state index in [-0.39, 0.29) is 34.4 Å². The van der Waals surface area contributed by atoms with Gasteiger partial charge in [0.2, 0.25) is 11.6 Å². The van der Waals surface area contributed by atoms with Crippen molar-refractivity contribution >= 4 is 11.6 Å². The lowest BCUT2D eigenvalue weighted by Gasteiger charge is -2.61. The summed E-state index contributed by atoms with van der Waals surface area (Å²) in [6.07, 6.45) is 6.28. The van der Waals surface area contributed by atoms with Gasteiger partial charge in [0.25, 0.3) is 0 Å². The molecule has 2 bridgehead atoms. The van der Waals surface area contributed by atoms with E-state index in [2.05, 4.69) is 13.8 Å². The average molecular weight is 314 g/mol. The fourth-order valence-electron chi connectivity index (χ4n) is 5.67. The Hall–Kier alpha value is -1.22. The molecule has 5 rings (SSSR count). The van der Waals surface area contributed by atoms with E-state index in [0.29, 0.717) is 18.1 Å². The van der Waals surface area contributed by atoms with Gasteiger partial charge >= 0.3 is 0 Å². The molecule has 124 valence electrons. The van der Waals surface area contributed by atoms with E-state index in [9.17, 15) is 9.59 Å². The maximum Gasteiger partial charge on any atom is 0.230 e. The van der Waals surface area contributed by atoms with E-state index in [1.54, 1.807) is 0 Å². The second-order valence-electron chi connectivity index (χ2n) is 8.83. The van der Waals surface area contributed by atoms with Gasteiger partial charge in [0.05, 0.1) is 12.7 Å². The smallest absolute Gasteiger partial charge is 0.230 e. The third-order valence-corrected chi connectivity index (χ3v) is 6.81. The number of allylic oxidation sites excluding steroid dienone is 1. The third kappa shape index (κ3) is 1.86. The predicted molar refractivity (Wildman–Crippen MR) is 87.9 cm³/mol. The summed E-state index contributed by atoms with van der Waals surface area (Å²) < 4.78 is 6.15. The van der Waals surface area contributed by atoms with Gasteiger partial charge in [-0.15, -0.1) is 0 Å². The summed E-state index contributed by atoms with van der Waals surface area (Å²) in [7, 11) is 0. The second-order valence-corrected chi connectivity index (χ2v) is 8.83. The Kier molecular flexibility index (Phi) is 3.10. The number of rotatable bonds is 1. The van der Waals surface area contributed by atoms with Gasteiger partial charge in [-0.3, -0.25) is 9.59 Å². The minimum atomic E-state index is -0.275. The summed E-state index contributed by atoms with van der Waals surface area (Å²) in [6, 6.07) is 0. The van der Waals surface area contributed by atoms with Gasteiger partial charge in [-0.25, -0.2) is 0 Å². The lowest BCUT2D eigenvalue weighted by atomic mass is 9.47. The first kappa shape index (κ1) is 15.3. The van der Waals surface area contributed by atoms with Crippen molar-refractivity contribution in [2.24, 2.45) is 22.7 Å². The molecule has 3 aliphatic carbocycles. The van der Waals surface area contributed by atoms with Crippen LogP contribution >= 0.6 is 0 Å². The van der Waals surface area contributed by atoms with Gasteiger partial charge in [0.1, 0.15) is 0 Å². The number of hydrogen-bond donors (Lipinski definition) is 0. The van der Waals surface area contributed by atoms with Crippen molar-refractivity contribution in [1.29, 1.82) is 0 Å². The van der Waals surface area contributed by atoms with Gasteiger partial charge in [-0.05, 0) is 48.2 Å². The Bertz CT molecular complexity index is 664. The molecule has 0 unspecified atom stereocenters. The molecule has 23 heavy (non-hydrogen) atoms. The van der Waals surface area contributed by atoms with Crippen molar-refractivity contribution in [3.05, 3.63) is 22.8 Å². The molecule has 0 aromatic heterocycles. The zero-order chi connectivity index (χ0) is 16.6. The van der Waals surface area contributed by atoms with Crippen molar-refractivity contribution in [3.63, 3.8) is 0 Å². The molecule has 1 spiro atoms. The number of carbonyl (C=O) groups is 2. The molecule has 0 N–H and O–H groups in total. The molecule has 0 aromatic carbocycles. The summed E-state index contributed by atoms with van der Waals surface area (Å²) in [5.41, 5.74) is 2.50. The topological polar surface area (TPSA) is 43.4 Å². The van der Waals surface area contributed by atoms with Gasteiger partial charge in [0, 0.05) is 16.6 Å². The Morgan fingerprint density at radius 3 is 2.61 bits per heavy atom. The van der Waals surface area contributed by atoms with E-state index in [4.69, 9.17) is 4.74 Å². The van der Waals surface area contributed by atoms with E-state index in [0.717, 1.165) is 30.4 Å². The third-order valence-electron chi connectivity index (χ3n) is 6.81. The highest BCUT2D eigenvalue weighted by Crippen LogP contribution is 2.63. The molecule has 3 heteroatoms. The van der Waals surface area contributed by atoms with Crippen LogP contribution in [0.15, 0.2) is 22.8 Å². The SMILES string of the molecule is CC(C)C1=CC2=C(C(=O)C1=O)[C@@]13CCCC(C)(C)[C@H]1C[C@@H]2OC3. The van der Waals surface area contributed by atoms with Gasteiger partial charge in [-0.2, -0.15) is 0 Å². The van der Waals surface area contributed by atoms with Crippen molar-refractivity contribution < 1.29 is 14.3 Å². The van der Waals surface area contributed by atoms with Crippen LogP contribution in [0, 0.1) is 22.7 Å². The van der Waals surface area contributed by atoms with Crippen LogP contribution in [0.3, 0.4) is 0 Å². The summed E-state index contributed by atoms with van der Waals surface area (Å²) in [5, 5.41) is 0. The number of Topliss-reactive ketones (excluding diaryl/α,β-unsaturated/α-hetero) is 2. The summed E-state index contributed by atoms with van der Waals surface area (Å²) in [5.74, 6) is 0.0220. The minimum Gasteiger partial charge on any atom is -0.373 e. The van der Waals surface area contributed by atoms with E-state index in [1.165, 1.54) is 6.42 Å². The van der Waals surface area contributed by atoms with Crippen molar-refractivity contribution in [1.82, 2.24) is 0 Å². The lowest BCUT2D eigenvalue weighted by molar-refractivity contribution is -0.153. The second kappa shape index (κ2) is 4.66. The molecule has 2 heterocycles. The van der Waals surface area contributed by atoms with E-state index >= 15 is 0 Å². The first-order valence-corrected chi connectivity index (χ1v) is 8.95. The number of carbonyl (C=O) groups excluding carboxylic acids is 2. The van der Waals surface area contributed by atoms with Crippen LogP contribution in [0.5, 0.6) is 0 Å². The van der Waals surface area contributed by atoms with Gasteiger partial charge in [0.15, 0.2) is 0 Å². The molecule has 3 atom stereocenters. The molecule has 5 aliphatic rings. The first-order valence-electron chi connectivity index (χ1n) is 8.95. The van der Waals surface area contributed by atoms with Crippen LogP contribution in [0.4, 0.5) is 0 Å². The number of ether oxygens (including phenoxy) is 1. The maximum atomic E-state index is 13.0. The highest BCUT2D eigenvalue weighted by atomic mass is 16.5. The highest BCUT2D eigenvalue weighted by molar-refractivity contribution is 6.50. The van der Waals surface area contributed by atoms with E-state index < -0.39 is 0 Å². The molecule has 2 aliphatic heterocycles. The molecule has 0 amide bonds. The van der Waals surface area contributed by atoms with Crippen molar-refractivity contribution in [3.8, 4) is 0 Å². The Balaban J connectivity index is 1.92. The van der Waals surface area contributed by atoms with Crippen LogP contribution in [-0.4, -0.2) is 24.3 Å². The Labute approximate surface area is 138 Å². The molecular formula is C20H26O3. The molecule has 2 fully saturated rings. The highest BCUT2D eigenvalue weighted by Gasteiger charge is 2.61. The predicted octanol–water partition coefficient (Wildman–Crippen LogP) is 3.63. The zero-order valence-electron chi connectivity index (χ0n) is 14.6. The number of hydrogen-bond acceptors (Lipinski definition) is 3. The Morgan fingerprint density at radius 2 is 1.91 bits per heavy atom. The summed E-state index contributed by atoms with van der Waals surface area (Å²) >= 11 is 0. The number of fused-ring (bicyclic) bond motifs is 1. The fourth-order valence-corrected chi connectivity index (χ4v) is 5.67. The molecule has 0 aromatic rings. The quantitative estimate of drug-likeness (QED) is 0.548. The van der Waals surface area contributed by atoms with Crippen molar-refractivity contribution in [2.75, 3.05) is 6.61 Å². The molecule has 1 saturated carbocycles. The van der Waals surface area contributed by atoms with Crippen LogP contribution < -0.4 is 0 Å². The van der Waals surface area contributed by atoms with Crippen LogP contribution in [-0.2, 0) is 14.3 Å². The Morgan fingerprint density at radius 1 is 1.17 bits per heavy atom. The van der Waals surface area contributed by atoms with E-state index in [1.807, 2.05) is 19.9 Å². The average Bonchev–Trinajstić information content (AvgIpc) is 2.49. The summed E-state index contributed by atoms with van der Waals surface area (Å²) in [6.45, 7) is 9.23. The van der Waals surface area contributed by atoms with Crippen LogP contribution in [0.25, 0.3) is 0 Å². The minimum absolute atomic E-state index is 0.0000463. The normalized spacial score (nSPS) is 38.6. The van der Waals surface area contributed by atoms with Gasteiger partial charge < -0.3 is 4.74 Å². The van der Waals surface area contributed by atoms with Gasteiger partial charge in [-0.1, -0.05) is 34.1 Å². The number of ketones is 2. The lowest BCUT2D eigenvalue weighted by Crippen LogP contribution is -2.59.